The van der Waals surface area contributed by atoms with Crippen LogP contribution in [0.3, 0.4) is 0 Å². The van der Waals surface area contributed by atoms with Crippen LogP contribution in [0.1, 0.15) is 29.8 Å². The summed E-state index contributed by atoms with van der Waals surface area (Å²) in [5.74, 6) is 0. The minimum Gasteiger partial charge on any atom is -0.349 e. The average Bonchev–Trinajstić information content (AvgIpc) is 2.78. The minimum atomic E-state index is 0.0283. The average molecular weight is 226 g/mol. The standard InChI is InChI=1S/C13H14N4/c1-10(15)11-4-6-17(8-11)9-12-3-2-5-16-13(12)7-14/h2-6,8,10H,9,15H2,1H3. The van der Waals surface area contributed by atoms with Gasteiger partial charge >= 0.3 is 0 Å². The summed E-state index contributed by atoms with van der Waals surface area (Å²) in [6, 6.07) is 7.87. The molecule has 17 heavy (non-hydrogen) atoms. The second kappa shape index (κ2) is 4.81. The number of nitrogens with two attached hydrogens (primary N) is 1. The van der Waals surface area contributed by atoms with Gasteiger partial charge in [0.05, 0.1) is 0 Å². The first-order valence-electron chi connectivity index (χ1n) is 5.46. The number of nitrogens with zero attached hydrogens (tertiary/aromatic N) is 3. The van der Waals surface area contributed by atoms with Gasteiger partial charge in [-0.05, 0) is 24.6 Å². The molecule has 0 amide bonds. The molecular weight excluding hydrogens is 212 g/mol. The highest BCUT2D eigenvalue weighted by atomic mass is 14.9. The Bertz CT molecular complexity index is 549. The van der Waals surface area contributed by atoms with Gasteiger partial charge in [0.25, 0.3) is 0 Å². The van der Waals surface area contributed by atoms with E-state index in [1.165, 1.54) is 0 Å². The van der Waals surface area contributed by atoms with Crippen LogP contribution in [-0.4, -0.2) is 9.55 Å². The van der Waals surface area contributed by atoms with E-state index in [1.807, 2.05) is 42.1 Å². The van der Waals surface area contributed by atoms with Crippen molar-refractivity contribution in [1.29, 1.82) is 5.26 Å². The number of aromatic nitrogens is 2. The molecule has 4 heteroatoms. The predicted molar refractivity (Wildman–Crippen MR) is 65.1 cm³/mol. The zero-order valence-electron chi connectivity index (χ0n) is 9.67. The third-order valence-corrected chi connectivity index (χ3v) is 2.65. The fraction of sp³-hybridized carbons (Fsp3) is 0.231. The summed E-state index contributed by atoms with van der Waals surface area (Å²) in [6.45, 7) is 2.59. The summed E-state index contributed by atoms with van der Waals surface area (Å²) in [5, 5.41) is 8.95. The van der Waals surface area contributed by atoms with Crippen LogP contribution in [0, 0.1) is 11.3 Å². The maximum absolute atomic E-state index is 8.95. The first-order chi connectivity index (χ1) is 8.20. The van der Waals surface area contributed by atoms with Crippen LogP contribution >= 0.6 is 0 Å². The van der Waals surface area contributed by atoms with Crippen molar-refractivity contribution in [2.45, 2.75) is 19.5 Å². The van der Waals surface area contributed by atoms with Crippen molar-refractivity contribution in [3.8, 4) is 6.07 Å². The highest BCUT2D eigenvalue weighted by Crippen LogP contribution is 2.12. The highest BCUT2D eigenvalue weighted by molar-refractivity contribution is 5.31. The third-order valence-electron chi connectivity index (χ3n) is 2.65. The lowest BCUT2D eigenvalue weighted by atomic mass is 10.2. The van der Waals surface area contributed by atoms with Crippen LogP contribution in [0.15, 0.2) is 36.8 Å². The lowest BCUT2D eigenvalue weighted by Gasteiger charge is -2.05. The predicted octanol–water partition coefficient (Wildman–Crippen LogP) is 1.82. The lowest BCUT2D eigenvalue weighted by Crippen LogP contribution is -2.04. The van der Waals surface area contributed by atoms with Crippen molar-refractivity contribution in [3.63, 3.8) is 0 Å². The molecule has 0 radical (unpaired) electrons. The molecule has 0 aliphatic heterocycles. The fourth-order valence-electron chi connectivity index (χ4n) is 1.69. The van der Waals surface area contributed by atoms with Crippen molar-refractivity contribution in [2.75, 3.05) is 0 Å². The normalized spacial score (nSPS) is 12.1. The second-order valence-corrected chi connectivity index (χ2v) is 4.03. The molecule has 0 aliphatic carbocycles. The Balaban J connectivity index is 2.23. The molecule has 4 nitrogen and oxygen atoms in total. The third kappa shape index (κ3) is 2.52. The van der Waals surface area contributed by atoms with Crippen LogP contribution in [0.5, 0.6) is 0 Å². The molecule has 2 aromatic heterocycles. The number of rotatable bonds is 3. The smallest absolute Gasteiger partial charge is 0.145 e. The largest absolute Gasteiger partial charge is 0.349 e. The molecular formula is C13H14N4. The van der Waals surface area contributed by atoms with Crippen molar-refractivity contribution < 1.29 is 0 Å². The summed E-state index contributed by atoms with van der Waals surface area (Å²) in [6.07, 6.45) is 5.59. The molecule has 86 valence electrons. The summed E-state index contributed by atoms with van der Waals surface area (Å²) in [7, 11) is 0. The van der Waals surface area contributed by atoms with Gasteiger partial charge in [0.2, 0.25) is 0 Å². The molecule has 0 aliphatic rings. The van der Waals surface area contributed by atoms with Gasteiger partial charge in [-0.1, -0.05) is 6.07 Å². The Morgan fingerprint density at radius 1 is 1.53 bits per heavy atom. The van der Waals surface area contributed by atoms with Crippen molar-refractivity contribution in [3.05, 3.63) is 53.6 Å². The fourth-order valence-corrected chi connectivity index (χ4v) is 1.69. The van der Waals surface area contributed by atoms with E-state index in [9.17, 15) is 0 Å². The number of hydrogen-bond acceptors (Lipinski definition) is 3. The molecule has 2 aromatic rings. The molecule has 1 unspecified atom stereocenters. The van der Waals surface area contributed by atoms with E-state index < -0.39 is 0 Å². The minimum absolute atomic E-state index is 0.0283. The van der Waals surface area contributed by atoms with Crippen molar-refractivity contribution in [2.24, 2.45) is 5.73 Å². The zero-order chi connectivity index (χ0) is 12.3. The highest BCUT2D eigenvalue weighted by Gasteiger charge is 2.05. The van der Waals surface area contributed by atoms with Crippen LogP contribution in [-0.2, 0) is 6.54 Å². The van der Waals surface area contributed by atoms with E-state index in [4.69, 9.17) is 11.0 Å². The summed E-state index contributed by atoms with van der Waals surface area (Å²) < 4.78 is 2.01. The van der Waals surface area contributed by atoms with E-state index in [0.29, 0.717) is 12.2 Å². The molecule has 0 spiro atoms. The number of pyridine rings is 1. The molecule has 0 saturated carbocycles. The van der Waals surface area contributed by atoms with Gasteiger partial charge in [0.1, 0.15) is 11.8 Å². The first-order valence-corrected chi connectivity index (χ1v) is 5.46. The maximum Gasteiger partial charge on any atom is 0.145 e. The molecule has 1 atom stereocenters. The van der Waals surface area contributed by atoms with Gasteiger partial charge in [-0.2, -0.15) is 5.26 Å². The Morgan fingerprint density at radius 3 is 3.00 bits per heavy atom. The molecule has 0 fully saturated rings. The molecule has 0 aromatic carbocycles. The van der Waals surface area contributed by atoms with Gasteiger partial charge in [-0.3, -0.25) is 0 Å². The summed E-state index contributed by atoms with van der Waals surface area (Å²) in [4.78, 5) is 4.04. The van der Waals surface area contributed by atoms with Gasteiger partial charge < -0.3 is 10.3 Å². The Kier molecular flexibility index (Phi) is 3.22. The SMILES string of the molecule is CC(N)c1ccn(Cc2cccnc2C#N)c1. The van der Waals surface area contributed by atoms with E-state index in [-0.39, 0.29) is 6.04 Å². The lowest BCUT2D eigenvalue weighted by molar-refractivity contribution is 0.773. The maximum atomic E-state index is 8.95. The van der Waals surface area contributed by atoms with E-state index in [2.05, 4.69) is 11.1 Å². The summed E-state index contributed by atoms with van der Waals surface area (Å²) >= 11 is 0. The number of nitriles is 1. The van der Waals surface area contributed by atoms with Gasteiger partial charge in [-0.25, -0.2) is 4.98 Å². The Labute approximate surface area is 100 Å². The molecule has 2 N–H and O–H groups in total. The quantitative estimate of drug-likeness (QED) is 0.868. The zero-order valence-corrected chi connectivity index (χ0v) is 9.67. The second-order valence-electron chi connectivity index (χ2n) is 4.03. The van der Waals surface area contributed by atoms with Crippen LogP contribution < -0.4 is 5.73 Å². The van der Waals surface area contributed by atoms with E-state index in [1.54, 1.807) is 6.20 Å². The van der Waals surface area contributed by atoms with Gasteiger partial charge in [0.15, 0.2) is 0 Å². The number of hydrogen-bond donors (Lipinski definition) is 1. The van der Waals surface area contributed by atoms with Crippen LogP contribution in [0.2, 0.25) is 0 Å². The van der Waals surface area contributed by atoms with Crippen LogP contribution in [0.25, 0.3) is 0 Å². The van der Waals surface area contributed by atoms with Gasteiger partial charge in [-0.15, -0.1) is 0 Å². The Hall–Kier alpha value is -2.12. The monoisotopic (exact) mass is 226 g/mol. The van der Waals surface area contributed by atoms with Crippen molar-refractivity contribution >= 4 is 0 Å². The van der Waals surface area contributed by atoms with Gasteiger partial charge in [0, 0.05) is 36.7 Å². The first kappa shape index (κ1) is 11.4. The molecule has 0 saturated heterocycles. The van der Waals surface area contributed by atoms with E-state index in [0.717, 1.165) is 11.1 Å². The van der Waals surface area contributed by atoms with E-state index >= 15 is 0 Å². The molecule has 2 rings (SSSR count). The Morgan fingerprint density at radius 2 is 2.35 bits per heavy atom. The molecule has 2 heterocycles. The van der Waals surface area contributed by atoms with Crippen LogP contribution in [0.4, 0.5) is 0 Å². The topological polar surface area (TPSA) is 67.6 Å². The van der Waals surface area contributed by atoms with Crippen molar-refractivity contribution in [1.82, 2.24) is 9.55 Å². The summed E-state index contributed by atoms with van der Waals surface area (Å²) in [5.41, 5.74) is 8.28. The molecule has 0 bridgehead atoms.